The first kappa shape index (κ1) is 14.6. The Kier molecular flexibility index (Phi) is 4.16. The standard InChI is InChI=1S/C14H13Cl2NO3/c1-7(8-2-10(18)6-11(19)3-8)17-9-4-12(15)14(20)13(16)5-9/h2-7,17-20H,1H3. The maximum atomic E-state index is 9.50. The minimum Gasteiger partial charge on any atom is -0.508 e. The second-order valence-electron chi connectivity index (χ2n) is 4.44. The Morgan fingerprint density at radius 1 is 0.900 bits per heavy atom. The molecule has 2 rings (SSSR count). The summed E-state index contributed by atoms with van der Waals surface area (Å²) >= 11 is 11.7. The van der Waals surface area contributed by atoms with Crippen LogP contribution in [0, 0.1) is 0 Å². The van der Waals surface area contributed by atoms with Crippen molar-refractivity contribution < 1.29 is 15.3 Å². The molecule has 1 unspecified atom stereocenters. The van der Waals surface area contributed by atoms with Crippen molar-refractivity contribution in [2.75, 3.05) is 5.32 Å². The Balaban J connectivity index is 2.25. The zero-order valence-electron chi connectivity index (χ0n) is 10.6. The highest BCUT2D eigenvalue weighted by atomic mass is 35.5. The third-order valence-electron chi connectivity index (χ3n) is 2.82. The van der Waals surface area contributed by atoms with Crippen LogP contribution in [0.1, 0.15) is 18.5 Å². The molecule has 0 aromatic heterocycles. The van der Waals surface area contributed by atoms with Crippen molar-refractivity contribution in [2.24, 2.45) is 0 Å². The number of phenolic OH excluding ortho intramolecular Hbond substituents is 3. The first-order valence-corrected chi connectivity index (χ1v) is 6.60. The Morgan fingerprint density at radius 3 is 1.90 bits per heavy atom. The van der Waals surface area contributed by atoms with Crippen LogP contribution in [0.2, 0.25) is 10.0 Å². The van der Waals surface area contributed by atoms with Crippen molar-refractivity contribution in [3.63, 3.8) is 0 Å². The molecule has 0 radical (unpaired) electrons. The van der Waals surface area contributed by atoms with Gasteiger partial charge in [-0.2, -0.15) is 0 Å². The molecular formula is C14H13Cl2NO3. The van der Waals surface area contributed by atoms with Gasteiger partial charge in [0.25, 0.3) is 0 Å². The number of hydrogen-bond acceptors (Lipinski definition) is 4. The van der Waals surface area contributed by atoms with Gasteiger partial charge in [0.1, 0.15) is 11.5 Å². The van der Waals surface area contributed by atoms with Crippen molar-refractivity contribution in [3.05, 3.63) is 45.9 Å². The quantitative estimate of drug-likeness (QED) is 0.638. The van der Waals surface area contributed by atoms with Gasteiger partial charge < -0.3 is 20.6 Å². The first-order chi connectivity index (χ1) is 9.36. The maximum absolute atomic E-state index is 9.50. The van der Waals surface area contributed by atoms with Crippen LogP contribution < -0.4 is 5.32 Å². The average molecular weight is 314 g/mol. The van der Waals surface area contributed by atoms with Crippen LogP contribution in [0.3, 0.4) is 0 Å². The van der Waals surface area contributed by atoms with Crippen LogP contribution in [0.25, 0.3) is 0 Å². The number of rotatable bonds is 3. The lowest BCUT2D eigenvalue weighted by Crippen LogP contribution is -2.06. The van der Waals surface area contributed by atoms with E-state index in [1.165, 1.54) is 6.07 Å². The van der Waals surface area contributed by atoms with Crippen LogP contribution in [-0.2, 0) is 0 Å². The van der Waals surface area contributed by atoms with Crippen LogP contribution in [-0.4, -0.2) is 15.3 Å². The summed E-state index contributed by atoms with van der Waals surface area (Å²) in [5.74, 6) is -0.202. The molecule has 0 spiro atoms. The molecule has 0 bridgehead atoms. The van der Waals surface area contributed by atoms with Crippen molar-refractivity contribution in [2.45, 2.75) is 13.0 Å². The number of anilines is 1. The summed E-state index contributed by atoms with van der Waals surface area (Å²) in [4.78, 5) is 0. The topological polar surface area (TPSA) is 72.7 Å². The molecule has 2 aromatic carbocycles. The maximum Gasteiger partial charge on any atom is 0.152 e. The lowest BCUT2D eigenvalue weighted by molar-refractivity contribution is 0.448. The third-order valence-corrected chi connectivity index (χ3v) is 3.40. The van der Waals surface area contributed by atoms with Gasteiger partial charge in [-0.1, -0.05) is 23.2 Å². The number of hydrogen-bond donors (Lipinski definition) is 4. The van der Waals surface area contributed by atoms with Gasteiger partial charge in [-0.15, -0.1) is 0 Å². The summed E-state index contributed by atoms with van der Waals surface area (Å²) in [6.07, 6.45) is 0. The fraction of sp³-hybridized carbons (Fsp3) is 0.143. The minimum atomic E-state index is -0.204. The summed E-state index contributed by atoms with van der Waals surface area (Å²) < 4.78 is 0. The van der Waals surface area contributed by atoms with E-state index in [2.05, 4.69) is 5.32 Å². The summed E-state index contributed by atoms with van der Waals surface area (Å²) in [7, 11) is 0. The van der Waals surface area contributed by atoms with Gasteiger partial charge in [-0.05, 0) is 36.8 Å². The van der Waals surface area contributed by atoms with Gasteiger partial charge >= 0.3 is 0 Å². The molecule has 0 amide bonds. The molecule has 6 heteroatoms. The van der Waals surface area contributed by atoms with Crippen molar-refractivity contribution in [1.82, 2.24) is 0 Å². The Hall–Kier alpha value is -1.78. The number of benzene rings is 2. The molecule has 20 heavy (non-hydrogen) atoms. The fourth-order valence-electron chi connectivity index (χ4n) is 1.85. The molecule has 0 fully saturated rings. The third kappa shape index (κ3) is 3.21. The Bertz CT molecular complexity index is 603. The number of nitrogens with one attached hydrogen (secondary N) is 1. The SMILES string of the molecule is CC(Nc1cc(Cl)c(O)c(Cl)c1)c1cc(O)cc(O)c1. The molecular weight excluding hydrogens is 301 g/mol. The summed E-state index contributed by atoms with van der Waals surface area (Å²) in [6, 6.07) is 7.22. The lowest BCUT2D eigenvalue weighted by Gasteiger charge is -2.17. The Labute approximate surface area is 126 Å². The van der Waals surface area contributed by atoms with E-state index in [4.69, 9.17) is 23.2 Å². The highest BCUT2D eigenvalue weighted by molar-refractivity contribution is 6.37. The number of halogens is 2. The predicted molar refractivity (Wildman–Crippen MR) is 79.9 cm³/mol. The van der Waals surface area contributed by atoms with Gasteiger partial charge in [0.15, 0.2) is 5.75 Å². The fourth-order valence-corrected chi connectivity index (χ4v) is 2.34. The van der Waals surface area contributed by atoms with Gasteiger partial charge in [-0.3, -0.25) is 0 Å². The largest absolute Gasteiger partial charge is 0.508 e. The van der Waals surface area contributed by atoms with Gasteiger partial charge in [0, 0.05) is 17.8 Å². The molecule has 1 atom stereocenters. The zero-order chi connectivity index (χ0) is 14.9. The normalized spacial score (nSPS) is 12.2. The molecule has 4 N–H and O–H groups in total. The second-order valence-corrected chi connectivity index (χ2v) is 5.25. The van der Waals surface area contributed by atoms with E-state index in [0.29, 0.717) is 11.3 Å². The number of aromatic hydroxyl groups is 3. The van der Waals surface area contributed by atoms with E-state index in [1.54, 1.807) is 24.3 Å². The van der Waals surface area contributed by atoms with Gasteiger partial charge in [0.2, 0.25) is 0 Å². The smallest absolute Gasteiger partial charge is 0.152 e. The van der Waals surface area contributed by atoms with E-state index < -0.39 is 0 Å². The molecule has 0 aliphatic rings. The van der Waals surface area contributed by atoms with Crippen molar-refractivity contribution >= 4 is 28.9 Å². The van der Waals surface area contributed by atoms with Crippen molar-refractivity contribution in [1.29, 1.82) is 0 Å². The van der Waals surface area contributed by atoms with E-state index in [-0.39, 0.29) is 33.3 Å². The van der Waals surface area contributed by atoms with E-state index >= 15 is 0 Å². The van der Waals surface area contributed by atoms with Crippen LogP contribution in [0.5, 0.6) is 17.2 Å². The minimum absolute atomic E-state index is 0.0181. The molecule has 106 valence electrons. The highest BCUT2D eigenvalue weighted by Gasteiger charge is 2.11. The van der Waals surface area contributed by atoms with Crippen LogP contribution in [0.4, 0.5) is 5.69 Å². The molecule has 0 aliphatic carbocycles. The van der Waals surface area contributed by atoms with Crippen LogP contribution in [0.15, 0.2) is 30.3 Å². The van der Waals surface area contributed by atoms with Crippen LogP contribution >= 0.6 is 23.2 Å². The molecule has 0 saturated carbocycles. The molecule has 0 aliphatic heterocycles. The van der Waals surface area contributed by atoms with E-state index in [9.17, 15) is 15.3 Å². The zero-order valence-corrected chi connectivity index (χ0v) is 12.1. The van der Waals surface area contributed by atoms with Gasteiger partial charge in [0.05, 0.1) is 10.0 Å². The highest BCUT2D eigenvalue weighted by Crippen LogP contribution is 2.36. The monoisotopic (exact) mass is 313 g/mol. The molecule has 0 heterocycles. The predicted octanol–water partition coefficient (Wildman–Crippen LogP) is 4.28. The lowest BCUT2D eigenvalue weighted by atomic mass is 10.1. The van der Waals surface area contributed by atoms with Gasteiger partial charge in [-0.25, -0.2) is 0 Å². The first-order valence-electron chi connectivity index (χ1n) is 5.84. The molecule has 2 aromatic rings. The second kappa shape index (κ2) is 5.69. The molecule has 4 nitrogen and oxygen atoms in total. The summed E-state index contributed by atoms with van der Waals surface area (Å²) in [6.45, 7) is 1.85. The summed E-state index contributed by atoms with van der Waals surface area (Å²) in [5.41, 5.74) is 1.32. The van der Waals surface area contributed by atoms with E-state index in [1.807, 2.05) is 6.92 Å². The molecule has 0 saturated heterocycles. The average Bonchev–Trinajstić information content (AvgIpc) is 2.34. The Morgan fingerprint density at radius 2 is 1.40 bits per heavy atom. The van der Waals surface area contributed by atoms with E-state index in [0.717, 1.165) is 0 Å². The summed E-state index contributed by atoms with van der Waals surface area (Å²) in [5, 5.41) is 31.8. The number of phenols is 3. The van der Waals surface area contributed by atoms with Crippen molar-refractivity contribution in [3.8, 4) is 17.2 Å².